The normalized spacial score (nSPS) is 26.7. The lowest BCUT2D eigenvalue weighted by atomic mass is 9.89. The number of hydrogen-bond donors (Lipinski definition) is 1. The van der Waals surface area contributed by atoms with E-state index in [4.69, 9.17) is 14.2 Å². The molecule has 1 spiro atoms. The fourth-order valence-corrected chi connectivity index (χ4v) is 2.62. The van der Waals surface area contributed by atoms with E-state index in [2.05, 4.69) is 5.32 Å². The van der Waals surface area contributed by atoms with Crippen LogP contribution in [-0.2, 0) is 19.0 Å². The second-order valence-electron chi connectivity index (χ2n) is 5.42. The molecule has 104 valence electrons. The molecule has 5 heteroatoms. The SMILES string of the molecule is CC(C)OC(=O)COC1COC2(CCNCC2)C1. The minimum atomic E-state index is -0.295. The average molecular weight is 257 g/mol. The monoisotopic (exact) mass is 257 g/mol. The number of rotatable bonds is 4. The van der Waals surface area contributed by atoms with Crippen molar-refractivity contribution in [1.82, 2.24) is 5.32 Å². The second-order valence-corrected chi connectivity index (χ2v) is 5.42. The summed E-state index contributed by atoms with van der Waals surface area (Å²) in [5.74, 6) is -0.295. The Hall–Kier alpha value is -0.650. The highest BCUT2D eigenvalue weighted by Gasteiger charge is 2.41. The van der Waals surface area contributed by atoms with Gasteiger partial charge in [0.2, 0.25) is 0 Å². The van der Waals surface area contributed by atoms with Crippen LogP contribution < -0.4 is 5.32 Å². The molecule has 2 heterocycles. The smallest absolute Gasteiger partial charge is 0.332 e. The molecule has 2 saturated heterocycles. The van der Waals surface area contributed by atoms with E-state index >= 15 is 0 Å². The first-order valence-electron chi connectivity index (χ1n) is 6.75. The average Bonchev–Trinajstić information content (AvgIpc) is 2.70. The van der Waals surface area contributed by atoms with Crippen LogP contribution in [0.3, 0.4) is 0 Å². The van der Waals surface area contributed by atoms with E-state index in [0.717, 1.165) is 32.4 Å². The molecule has 2 rings (SSSR count). The molecular weight excluding hydrogens is 234 g/mol. The standard InChI is InChI=1S/C13H23NO4/c1-10(2)18-12(15)9-16-11-7-13(17-8-11)3-5-14-6-4-13/h10-11,14H,3-9H2,1-2H3. The third kappa shape index (κ3) is 3.67. The van der Waals surface area contributed by atoms with Crippen molar-refractivity contribution in [3.63, 3.8) is 0 Å². The van der Waals surface area contributed by atoms with Gasteiger partial charge in [0.05, 0.1) is 24.4 Å². The molecule has 0 aromatic carbocycles. The summed E-state index contributed by atoms with van der Waals surface area (Å²) >= 11 is 0. The molecule has 0 saturated carbocycles. The van der Waals surface area contributed by atoms with Crippen molar-refractivity contribution >= 4 is 5.97 Å². The minimum Gasteiger partial charge on any atom is -0.461 e. The zero-order valence-corrected chi connectivity index (χ0v) is 11.2. The van der Waals surface area contributed by atoms with E-state index in [-0.39, 0.29) is 30.4 Å². The quantitative estimate of drug-likeness (QED) is 0.757. The summed E-state index contributed by atoms with van der Waals surface area (Å²) in [5, 5.41) is 3.33. The van der Waals surface area contributed by atoms with Gasteiger partial charge >= 0.3 is 5.97 Å². The maximum atomic E-state index is 11.4. The summed E-state index contributed by atoms with van der Waals surface area (Å²) in [7, 11) is 0. The molecule has 2 fully saturated rings. The Labute approximate surface area is 108 Å². The third-order valence-electron chi connectivity index (χ3n) is 3.49. The van der Waals surface area contributed by atoms with Crippen molar-refractivity contribution in [3.8, 4) is 0 Å². The maximum absolute atomic E-state index is 11.4. The summed E-state index contributed by atoms with van der Waals surface area (Å²) < 4.78 is 16.5. The molecule has 0 aromatic rings. The number of hydrogen-bond acceptors (Lipinski definition) is 5. The molecular formula is C13H23NO4. The van der Waals surface area contributed by atoms with E-state index in [1.54, 1.807) is 0 Å². The zero-order valence-electron chi connectivity index (χ0n) is 11.2. The van der Waals surface area contributed by atoms with Crippen LogP contribution in [0.1, 0.15) is 33.1 Å². The van der Waals surface area contributed by atoms with Gasteiger partial charge in [0, 0.05) is 6.42 Å². The first-order valence-corrected chi connectivity index (χ1v) is 6.75. The van der Waals surface area contributed by atoms with E-state index in [9.17, 15) is 4.79 Å². The van der Waals surface area contributed by atoms with Crippen LogP contribution in [0.5, 0.6) is 0 Å². The molecule has 1 atom stereocenters. The Kier molecular flexibility index (Phi) is 4.59. The topological polar surface area (TPSA) is 56.8 Å². The van der Waals surface area contributed by atoms with Crippen molar-refractivity contribution in [2.45, 2.75) is 50.9 Å². The Morgan fingerprint density at radius 1 is 1.44 bits per heavy atom. The van der Waals surface area contributed by atoms with Crippen molar-refractivity contribution < 1.29 is 19.0 Å². The molecule has 0 amide bonds. The lowest BCUT2D eigenvalue weighted by molar-refractivity contribution is -0.154. The summed E-state index contributed by atoms with van der Waals surface area (Å²) in [4.78, 5) is 11.4. The Morgan fingerprint density at radius 2 is 2.17 bits per heavy atom. The van der Waals surface area contributed by atoms with Gasteiger partial charge in [-0.2, -0.15) is 0 Å². The number of ether oxygens (including phenoxy) is 3. The van der Waals surface area contributed by atoms with Gasteiger partial charge in [-0.1, -0.05) is 0 Å². The fourth-order valence-electron chi connectivity index (χ4n) is 2.62. The molecule has 0 aliphatic carbocycles. The van der Waals surface area contributed by atoms with Crippen LogP contribution in [0, 0.1) is 0 Å². The molecule has 1 N–H and O–H groups in total. The van der Waals surface area contributed by atoms with E-state index < -0.39 is 0 Å². The maximum Gasteiger partial charge on any atom is 0.332 e. The molecule has 18 heavy (non-hydrogen) atoms. The highest BCUT2D eigenvalue weighted by Crippen LogP contribution is 2.35. The van der Waals surface area contributed by atoms with Gasteiger partial charge in [-0.05, 0) is 39.8 Å². The fraction of sp³-hybridized carbons (Fsp3) is 0.923. The van der Waals surface area contributed by atoms with Crippen molar-refractivity contribution in [2.24, 2.45) is 0 Å². The predicted molar refractivity (Wildman–Crippen MR) is 66.4 cm³/mol. The third-order valence-corrected chi connectivity index (χ3v) is 3.49. The van der Waals surface area contributed by atoms with Gasteiger partial charge in [-0.25, -0.2) is 4.79 Å². The van der Waals surface area contributed by atoms with Gasteiger partial charge in [-0.3, -0.25) is 0 Å². The minimum absolute atomic E-state index is 0.0160. The predicted octanol–water partition coefficient (Wildman–Crippen LogP) is 0.866. The first kappa shape index (κ1) is 13.8. The zero-order chi connectivity index (χ0) is 13.0. The van der Waals surface area contributed by atoms with Crippen LogP contribution in [-0.4, -0.2) is 50.1 Å². The second kappa shape index (κ2) is 5.99. The summed E-state index contributed by atoms with van der Waals surface area (Å²) in [6.07, 6.45) is 2.90. The largest absolute Gasteiger partial charge is 0.461 e. The number of carbonyl (C=O) groups is 1. The van der Waals surface area contributed by atoms with Crippen LogP contribution >= 0.6 is 0 Å². The molecule has 0 bridgehead atoms. The number of piperidine rings is 1. The Morgan fingerprint density at radius 3 is 2.83 bits per heavy atom. The summed E-state index contributed by atoms with van der Waals surface area (Å²) in [6, 6.07) is 0. The Balaban J connectivity index is 1.71. The van der Waals surface area contributed by atoms with E-state index in [1.807, 2.05) is 13.8 Å². The van der Waals surface area contributed by atoms with Crippen LogP contribution in [0.25, 0.3) is 0 Å². The van der Waals surface area contributed by atoms with E-state index in [0.29, 0.717) is 6.61 Å². The molecule has 0 radical (unpaired) electrons. The highest BCUT2D eigenvalue weighted by molar-refractivity contribution is 5.70. The first-order chi connectivity index (χ1) is 8.60. The van der Waals surface area contributed by atoms with Gasteiger partial charge in [0.15, 0.2) is 0 Å². The van der Waals surface area contributed by atoms with Gasteiger partial charge in [-0.15, -0.1) is 0 Å². The molecule has 5 nitrogen and oxygen atoms in total. The van der Waals surface area contributed by atoms with E-state index in [1.165, 1.54) is 0 Å². The Bertz CT molecular complexity index is 287. The van der Waals surface area contributed by atoms with Gasteiger partial charge in [0.25, 0.3) is 0 Å². The lowest BCUT2D eigenvalue weighted by Gasteiger charge is -2.32. The molecule has 2 aliphatic heterocycles. The molecule has 0 aromatic heterocycles. The number of carbonyl (C=O) groups excluding carboxylic acids is 1. The number of nitrogens with one attached hydrogen (secondary N) is 1. The van der Waals surface area contributed by atoms with Gasteiger partial charge < -0.3 is 19.5 Å². The molecule has 1 unspecified atom stereocenters. The lowest BCUT2D eigenvalue weighted by Crippen LogP contribution is -2.41. The van der Waals surface area contributed by atoms with Crippen molar-refractivity contribution in [1.29, 1.82) is 0 Å². The summed E-state index contributed by atoms with van der Waals surface area (Å²) in [5.41, 5.74) is -0.0160. The summed E-state index contributed by atoms with van der Waals surface area (Å²) in [6.45, 7) is 6.29. The van der Waals surface area contributed by atoms with Crippen LogP contribution in [0.4, 0.5) is 0 Å². The number of esters is 1. The highest BCUT2D eigenvalue weighted by atomic mass is 16.6. The van der Waals surface area contributed by atoms with Crippen LogP contribution in [0.15, 0.2) is 0 Å². The van der Waals surface area contributed by atoms with Crippen LogP contribution in [0.2, 0.25) is 0 Å². The van der Waals surface area contributed by atoms with Gasteiger partial charge in [0.1, 0.15) is 6.61 Å². The van der Waals surface area contributed by atoms with Crippen molar-refractivity contribution in [3.05, 3.63) is 0 Å². The van der Waals surface area contributed by atoms with Crippen molar-refractivity contribution in [2.75, 3.05) is 26.3 Å². The molecule has 2 aliphatic rings.